The van der Waals surface area contributed by atoms with E-state index in [-0.39, 0.29) is 6.10 Å². The van der Waals surface area contributed by atoms with Crippen LogP contribution in [0.15, 0.2) is 36.4 Å². The predicted octanol–water partition coefficient (Wildman–Crippen LogP) is 3.68. The Morgan fingerprint density at radius 1 is 1.25 bits per heavy atom. The topological polar surface area (TPSA) is 27.7 Å². The average molecular weight is 293 g/mol. The second-order valence-corrected chi connectivity index (χ2v) is 5.39. The van der Waals surface area contributed by atoms with Gasteiger partial charge in [-0.15, -0.1) is 11.6 Å². The fourth-order valence-electron chi connectivity index (χ4n) is 2.50. The molecule has 3 rings (SSSR count). The maximum Gasteiger partial charge on any atom is 0.192 e. The summed E-state index contributed by atoms with van der Waals surface area (Å²) in [6.07, 6.45) is -0.0479. The van der Waals surface area contributed by atoms with Crippen LogP contribution in [0.1, 0.15) is 12.5 Å². The molecule has 0 radical (unpaired) electrons. The van der Waals surface area contributed by atoms with E-state index in [1.165, 1.54) is 0 Å². The molecule has 1 heterocycles. The van der Waals surface area contributed by atoms with Gasteiger partial charge in [-0.2, -0.15) is 0 Å². The van der Waals surface area contributed by atoms with Gasteiger partial charge in [0.15, 0.2) is 5.79 Å². The smallest absolute Gasteiger partial charge is 0.192 e. The molecule has 1 aliphatic rings. The highest BCUT2D eigenvalue weighted by Crippen LogP contribution is 2.36. The average Bonchev–Trinajstić information content (AvgIpc) is 2.89. The van der Waals surface area contributed by atoms with Gasteiger partial charge >= 0.3 is 0 Å². The summed E-state index contributed by atoms with van der Waals surface area (Å²) in [4.78, 5) is 0. The first-order valence-corrected chi connectivity index (χ1v) is 7.14. The van der Waals surface area contributed by atoms with Crippen LogP contribution in [0.2, 0.25) is 0 Å². The lowest BCUT2D eigenvalue weighted by molar-refractivity contribution is -0.159. The van der Waals surface area contributed by atoms with E-state index in [2.05, 4.69) is 12.1 Å². The molecule has 0 aromatic heterocycles. The molecule has 4 heteroatoms. The van der Waals surface area contributed by atoms with Gasteiger partial charge in [0.2, 0.25) is 0 Å². The minimum Gasteiger partial charge on any atom is -0.497 e. The highest BCUT2D eigenvalue weighted by Gasteiger charge is 2.38. The van der Waals surface area contributed by atoms with Gasteiger partial charge in [-0.3, -0.25) is 0 Å². The Hall–Kier alpha value is -1.29. The summed E-state index contributed by atoms with van der Waals surface area (Å²) in [7, 11) is 1.67. The molecule has 0 saturated carbocycles. The Kier molecular flexibility index (Phi) is 3.59. The Balaban J connectivity index is 1.97. The molecule has 1 saturated heterocycles. The number of alkyl halides is 1. The van der Waals surface area contributed by atoms with Crippen molar-refractivity contribution < 1.29 is 14.2 Å². The molecule has 20 heavy (non-hydrogen) atoms. The molecule has 0 N–H and O–H groups in total. The van der Waals surface area contributed by atoms with Gasteiger partial charge in [-0.1, -0.05) is 18.2 Å². The molecule has 1 fully saturated rings. The number of rotatable bonds is 3. The molecule has 106 valence electrons. The van der Waals surface area contributed by atoms with E-state index >= 15 is 0 Å². The third-order valence-electron chi connectivity index (χ3n) is 3.68. The first kappa shape index (κ1) is 13.7. The van der Waals surface area contributed by atoms with Crippen molar-refractivity contribution in [2.24, 2.45) is 0 Å². The minimum absolute atomic E-state index is 0.0479. The third-order valence-corrected chi connectivity index (χ3v) is 4.02. The molecule has 2 unspecified atom stereocenters. The molecule has 2 atom stereocenters. The summed E-state index contributed by atoms with van der Waals surface area (Å²) in [5, 5.41) is 2.26. The van der Waals surface area contributed by atoms with E-state index in [0.717, 1.165) is 22.1 Å². The van der Waals surface area contributed by atoms with Crippen LogP contribution in [0.3, 0.4) is 0 Å². The van der Waals surface area contributed by atoms with Crippen molar-refractivity contribution >= 4 is 22.4 Å². The van der Waals surface area contributed by atoms with Gasteiger partial charge in [0.25, 0.3) is 0 Å². The van der Waals surface area contributed by atoms with Crippen molar-refractivity contribution in [2.75, 3.05) is 19.6 Å². The summed E-state index contributed by atoms with van der Waals surface area (Å²) in [6.45, 7) is 2.46. The number of halogens is 1. The number of methoxy groups -OCH3 is 1. The third kappa shape index (κ3) is 2.37. The van der Waals surface area contributed by atoms with E-state index in [1.807, 2.05) is 31.2 Å². The molecule has 2 aromatic carbocycles. The summed E-state index contributed by atoms with van der Waals surface area (Å²) in [5.41, 5.74) is 1.00. The van der Waals surface area contributed by atoms with Crippen LogP contribution in [-0.2, 0) is 15.3 Å². The van der Waals surface area contributed by atoms with Gasteiger partial charge in [0.05, 0.1) is 25.7 Å². The van der Waals surface area contributed by atoms with Gasteiger partial charge in [0.1, 0.15) is 5.75 Å². The van der Waals surface area contributed by atoms with Crippen molar-refractivity contribution in [3.63, 3.8) is 0 Å². The lowest BCUT2D eigenvalue weighted by atomic mass is 10.0. The van der Waals surface area contributed by atoms with E-state index in [1.54, 1.807) is 7.11 Å². The Labute approximate surface area is 123 Å². The van der Waals surface area contributed by atoms with E-state index in [9.17, 15) is 0 Å². The largest absolute Gasteiger partial charge is 0.497 e. The molecule has 0 aliphatic carbocycles. The molecule has 0 spiro atoms. The fraction of sp³-hybridized carbons (Fsp3) is 0.375. The summed E-state index contributed by atoms with van der Waals surface area (Å²) >= 11 is 5.83. The van der Waals surface area contributed by atoms with Crippen LogP contribution in [0, 0.1) is 0 Å². The monoisotopic (exact) mass is 292 g/mol. The SMILES string of the molecule is COc1ccc2cc(C3(C)OCC(CCl)O3)ccc2c1. The number of fused-ring (bicyclic) bond motifs is 1. The molecular weight excluding hydrogens is 276 g/mol. The summed E-state index contributed by atoms with van der Waals surface area (Å²) in [5.74, 6) is 0.584. The molecule has 3 nitrogen and oxygen atoms in total. The number of ether oxygens (including phenoxy) is 3. The van der Waals surface area contributed by atoms with E-state index in [0.29, 0.717) is 12.5 Å². The molecule has 0 bridgehead atoms. The first-order chi connectivity index (χ1) is 9.64. The van der Waals surface area contributed by atoms with E-state index in [4.69, 9.17) is 25.8 Å². The van der Waals surface area contributed by atoms with Crippen LogP contribution in [0.25, 0.3) is 10.8 Å². The molecular formula is C16H17ClO3. The second-order valence-electron chi connectivity index (χ2n) is 5.08. The van der Waals surface area contributed by atoms with Gasteiger partial charge in [0, 0.05) is 5.56 Å². The molecule has 0 amide bonds. The van der Waals surface area contributed by atoms with Crippen LogP contribution < -0.4 is 4.74 Å². The number of hydrogen-bond acceptors (Lipinski definition) is 3. The summed E-state index contributed by atoms with van der Waals surface area (Å²) < 4.78 is 16.9. The van der Waals surface area contributed by atoms with Crippen LogP contribution in [-0.4, -0.2) is 25.7 Å². The normalized spacial score (nSPS) is 26.1. The second kappa shape index (κ2) is 5.24. The van der Waals surface area contributed by atoms with Crippen molar-refractivity contribution in [1.29, 1.82) is 0 Å². The number of benzene rings is 2. The maximum absolute atomic E-state index is 5.90. The first-order valence-electron chi connectivity index (χ1n) is 6.60. The minimum atomic E-state index is -0.715. The van der Waals surface area contributed by atoms with Gasteiger partial charge < -0.3 is 14.2 Å². The Morgan fingerprint density at radius 3 is 2.70 bits per heavy atom. The maximum atomic E-state index is 5.90. The summed E-state index contributed by atoms with van der Waals surface area (Å²) in [6, 6.07) is 12.2. The zero-order valence-electron chi connectivity index (χ0n) is 11.6. The fourth-order valence-corrected chi connectivity index (χ4v) is 2.65. The van der Waals surface area contributed by atoms with Crippen molar-refractivity contribution in [3.8, 4) is 5.75 Å². The van der Waals surface area contributed by atoms with Crippen LogP contribution in [0.4, 0.5) is 0 Å². The molecule has 2 aromatic rings. The highest BCUT2D eigenvalue weighted by molar-refractivity contribution is 6.18. The van der Waals surface area contributed by atoms with E-state index < -0.39 is 5.79 Å². The van der Waals surface area contributed by atoms with Crippen molar-refractivity contribution in [3.05, 3.63) is 42.0 Å². The molecule has 1 aliphatic heterocycles. The lowest BCUT2D eigenvalue weighted by Gasteiger charge is -2.24. The van der Waals surface area contributed by atoms with Crippen LogP contribution >= 0.6 is 11.6 Å². The predicted molar refractivity (Wildman–Crippen MR) is 79.4 cm³/mol. The van der Waals surface area contributed by atoms with Gasteiger partial charge in [-0.05, 0) is 35.9 Å². The van der Waals surface area contributed by atoms with Gasteiger partial charge in [-0.25, -0.2) is 0 Å². The van der Waals surface area contributed by atoms with Crippen LogP contribution in [0.5, 0.6) is 5.75 Å². The van der Waals surface area contributed by atoms with Crippen molar-refractivity contribution in [1.82, 2.24) is 0 Å². The Morgan fingerprint density at radius 2 is 2.00 bits per heavy atom. The standard InChI is InChI=1S/C16H17ClO3/c1-16(19-10-15(9-17)20-16)13-5-3-12-8-14(18-2)6-4-11(12)7-13/h3-8,15H,9-10H2,1-2H3. The zero-order chi connectivity index (χ0) is 14.2. The Bertz CT molecular complexity index is 628. The zero-order valence-corrected chi connectivity index (χ0v) is 12.3. The number of hydrogen-bond donors (Lipinski definition) is 0. The quantitative estimate of drug-likeness (QED) is 0.808. The highest BCUT2D eigenvalue weighted by atomic mass is 35.5. The lowest BCUT2D eigenvalue weighted by Crippen LogP contribution is -2.24. The van der Waals surface area contributed by atoms with Crippen molar-refractivity contribution in [2.45, 2.75) is 18.8 Å².